The van der Waals surface area contributed by atoms with Gasteiger partial charge in [-0.1, -0.05) is 29.8 Å². The van der Waals surface area contributed by atoms with Crippen molar-refractivity contribution in [2.75, 3.05) is 0 Å². The predicted octanol–water partition coefficient (Wildman–Crippen LogP) is 2.99. The summed E-state index contributed by atoms with van der Waals surface area (Å²) in [6, 6.07) is 12.8. The topological polar surface area (TPSA) is 72.2 Å². The zero-order valence-corrected chi connectivity index (χ0v) is 13.6. The third-order valence-corrected chi connectivity index (χ3v) is 3.71. The fourth-order valence-electron chi connectivity index (χ4n) is 2.12. The van der Waals surface area contributed by atoms with E-state index in [0.29, 0.717) is 22.0 Å². The highest BCUT2D eigenvalue weighted by Crippen LogP contribution is 2.21. The molecule has 0 fully saturated rings. The smallest absolute Gasteiger partial charge is 0.267 e. The van der Waals surface area contributed by atoms with Crippen LogP contribution < -0.4 is 5.43 Å². The number of hydrazone groups is 1. The summed E-state index contributed by atoms with van der Waals surface area (Å²) >= 11 is 6.38. The molecule has 2 aromatic heterocycles. The van der Waals surface area contributed by atoms with Crippen LogP contribution in [0.15, 0.2) is 60.0 Å². The van der Waals surface area contributed by atoms with Crippen molar-refractivity contribution in [3.8, 4) is 5.69 Å². The molecule has 1 amide bonds. The van der Waals surface area contributed by atoms with Crippen LogP contribution in [0.4, 0.5) is 0 Å². The van der Waals surface area contributed by atoms with Crippen molar-refractivity contribution in [2.45, 2.75) is 6.92 Å². The van der Waals surface area contributed by atoms with E-state index in [2.05, 4.69) is 20.6 Å². The zero-order chi connectivity index (χ0) is 16.9. The highest BCUT2D eigenvalue weighted by atomic mass is 35.5. The van der Waals surface area contributed by atoms with E-state index in [4.69, 9.17) is 11.6 Å². The number of halogens is 1. The first kappa shape index (κ1) is 15.9. The molecule has 3 aromatic rings. The number of rotatable bonds is 4. The second-order valence-corrected chi connectivity index (χ2v) is 5.33. The molecule has 24 heavy (non-hydrogen) atoms. The fraction of sp³-hybridized carbons (Fsp3) is 0.0588. The van der Waals surface area contributed by atoms with Crippen LogP contribution >= 0.6 is 11.6 Å². The number of hydrogen-bond donors (Lipinski definition) is 1. The molecule has 120 valence electrons. The number of nitrogens with one attached hydrogen (secondary N) is 1. The highest BCUT2D eigenvalue weighted by Gasteiger charge is 2.13. The molecule has 0 aliphatic carbocycles. The van der Waals surface area contributed by atoms with Gasteiger partial charge >= 0.3 is 0 Å². The summed E-state index contributed by atoms with van der Waals surface area (Å²) < 4.78 is 1.63. The van der Waals surface area contributed by atoms with Crippen molar-refractivity contribution in [1.29, 1.82) is 0 Å². The molecule has 0 bridgehead atoms. The third-order valence-electron chi connectivity index (χ3n) is 3.35. The van der Waals surface area contributed by atoms with Gasteiger partial charge in [0.05, 0.1) is 23.2 Å². The maximum absolute atomic E-state index is 11.9. The van der Waals surface area contributed by atoms with E-state index < -0.39 is 0 Å². The Balaban J connectivity index is 1.78. The summed E-state index contributed by atoms with van der Waals surface area (Å²) in [6.07, 6.45) is 4.58. The van der Waals surface area contributed by atoms with Crippen LogP contribution in [-0.4, -0.2) is 26.9 Å². The van der Waals surface area contributed by atoms with E-state index in [-0.39, 0.29) is 5.91 Å². The van der Waals surface area contributed by atoms with Crippen LogP contribution in [0, 0.1) is 6.92 Å². The standard InChI is InChI=1S/C17H14ClN5O/c1-12-15(11-20-21-17(24)13-7-9-19-10-8-13)16(18)23(22-12)14-5-3-2-4-6-14/h2-11H,1H3,(H,21,24)/b20-11+. The monoisotopic (exact) mass is 339 g/mol. The lowest BCUT2D eigenvalue weighted by molar-refractivity contribution is 0.0955. The first-order chi connectivity index (χ1) is 11.7. The average Bonchev–Trinajstić information content (AvgIpc) is 2.91. The van der Waals surface area contributed by atoms with Gasteiger partial charge in [0.1, 0.15) is 5.15 Å². The zero-order valence-electron chi connectivity index (χ0n) is 12.8. The van der Waals surface area contributed by atoms with E-state index in [1.807, 2.05) is 37.3 Å². The van der Waals surface area contributed by atoms with Gasteiger partial charge in [0.15, 0.2) is 0 Å². The number of carbonyl (C=O) groups is 1. The highest BCUT2D eigenvalue weighted by molar-refractivity contribution is 6.32. The maximum atomic E-state index is 11.9. The number of hydrogen-bond acceptors (Lipinski definition) is 4. The summed E-state index contributed by atoms with van der Waals surface area (Å²) in [5.41, 5.74) is 5.15. The number of aryl methyl sites for hydroxylation is 1. The molecule has 0 radical (unpaired) electrons. The van der Waals surface area contributed by atoms with Crippen molar-refractivity contribution >= 4 is 23.7 Å². The number of nitrogens with zero attached hydrogens (tertiary/aromatic N) is 4. The Kier molecular flexibility index (Phi) is 4.67. The second kappa shape index (κ2) is 7.06. The quantitative estimate of drug-likeness (QED) is 0.586. The van der Waals surface area contributed by atoms with Crippen LogP contribution in [0.2, 0.25) is 5.15 Å². The summed E-state index contributed by atoms with van der Waals surface area (Å²) in [7, 11) is 0. The van der Waals surface area contributed by atoms with Gasteiger partial charge in [0, 0.05) is 18.0 Å². The summed E-state index contributed by atoms with van der Waals surface area (Å²) in [4.78, 5) is 15.8. The summed E-state index contributed by atoms with van der Waals surface area (Å²) in [5.74, 6) is -0.321. The second-order valence-electron chi connectivity index (χ2n) is 4.97. The van der Waals surface area contributed by atoms with E-state index in [0.717, 1.165) is 5.69 Å². The Hall–Kier alpha value is -2.99. The number of amides is 1. The van der Waals surface area contributed by atoms with Gasteiger partial charge < -0.3 is 0 Å². The van der Waals surface area contributed by atoms with Crippen LogP contribution in [0.3, 0.4) is 0 Å². The fourth-order valence-corrected chi connectivity index (χ4v) is 2.44. The van der Waals surface area contributed by atoms with Gasteiger partial charge in [-0.3, -0.25) is 9.78 Å². The van der Waals surface area contributed by atoms with Gasteiger partial charge in [-0.25, -0.2) is 10.1 Å². The normalized spacial score (nSPS) is 10.9. The minimum absolute atomic E-state index is 0.321. The number of carbonyl (C=O) groups excluding carboxylic acids is 1. The lowest BCUT2D eigenvalue weighted by atomic mass is 10.2. The number of pyridine rings is 1. The summed E-state index contributed by atoms with van der Waals surface area (Å²) in [6.45, 7) is 1.83. The third kappa shape index (κ3) is 3.33. The van der Waals surface area contributed by atoms with Gasteiger partial charge in [0.2, 0.25) is 0 Å². The van der Waals surface area contributed by atoms with E-state index in [9.17, 15) is 4.79 Å². The first-order valence-corrected chi connectivity index (χ1v) is 7.58. The van der Waals surface area contributed by atoms with Gasteiger partial charge in [-0.2, -0.15) is 10.2 Å². The lowest BCUT2D eigenvalue weighted by Gasteiger charge is -2.02. The average molecular weight is 340 g/mol. The molecule has 0 unspecified atom stereocenters. The van der Waals surface area contributed by atoms with Crippen LogP contribution in [0.25, 0.3) is 5.69 Å². The maximum Gasteiger partial charge on any atom is 0.271 e. The van der Waals surface area contributed by atoms with E-state index in [1.54, 1.807) is 29.2 Å². The summed E-state index contributed by atoms with van der Waals surface area (Å²) in [5, 5.41) is 8.80. The molecule has 1 N–H and O–H groups in total. The molecule has 0 spiro atoms. The molecule has 6 nitrogen and oxygen atoms in total. The van der Waals surface area contributed by atoms with Crippen molar-refractivity contribution in [1.82, 2.24) is 20.2 Å². The van der Waals surface area contributed by atoms with Crippen molar-refractivity contribution < 1.29 is 4.79 Å². The molecule has 0 saturated carbocycles. The van der Waals surface area contributed by atoms with Crippen LogP contribution in [-0.2, 0) is 0 Å². The number of aromatic nitrogens is 3. The number of benzene rings is 1. The van der Waals surface area contributed by atoms with Gasteiger partial charge in [-0.05, 0) is 31.2 Å². The lowest BCUT2D eigenvalue weighted by Crippen LogP contribution is -2.17. The first-order valence-electron chi connectivity index (χ1n) is 7.21. The SMILES string of the molecule is Cc1nn(-c2ccccc2)c(Cl)c1/C=N/NC(=O)c1ccncc1. The van der Waals surface area contributed by atoms with Crippen molar-refractivity contribution in [3.63, 3.8) is 0 Å². The van der Waals surface area contributed by atoms with Gasteiger partial charge in [0.25, 0.3) is 5.91 Å². The molecule has 0 saturated heterocycles. The molecule has 3 rings (SSSR count). The van der Waals surface area contributed by atoms with E-state index >= 15 is 0 Å². The predicted molar refractivity (Wildman–Crippen MR) is 92.6 cm³/mol. The van der Waals surface area contributed by atoms with Crippen LogP contribution in [0.1, 0.15) is 21.6 Å². The Labute approximate surface area is 143 Å². The molecular weight excluding hydrogens is 326 g/mol. The number of para-hydroxylation sites is 1. The minimum Gasteiger partial charge on any atom is -0.267 e. The molecular formula is C17H14ClN5O. The van der Waals surface area contributed by atoms with Crippen molar-refractivity contribution in [2.24, 2.45) is 5.10 Å². The van der Waals surface area contributed by atoms with Crippen LogP contribution in [0.5, 0.6) is 0 Å². The Morgan fingerprint density at radius 3 is 2.62 bits per heavy atom. The van der Waals surface area contributed by atoms with E-state index in [1.165, 1.54) is 6.21 Å². The molecule has 2 heterocycles. The molecule has 1 aromatic carbocycles. The molecule has 0 aliphatic heterocycles. The largest absolute Gasteiger partial charge is 0.271 e. The molecule has 0 aliphatic rings. The molecule has 0 atom stereocenters. The Bertz CT molecular complexity index is 875. The van der Waals surface area contributed by atoms with Gasteiger partial charge in [-0.15, -0.1) is 0 Å². The Morgan fingerprint density at radius 2 is 1.92 bits per heavy atom. The Morgan fingerprint density at radius 1 is 1.21 bits per heavy atom. The molecule has 7 heteroatoms. The minimum atomic E-state index is -0.321. The van der Waals surface area contributed by atoms with Crippen molar-refractivity contribution in [3.05, 3.63) is 76.8 Å².